The molecule has 0 bridgehead atoms. The number of fused-ring (bicyclic) bond motifs is 1. The molecular weight excluding hydrogens is 388 g/mol. The van der Waals surface area contributed by atoms with Gasteiger partial charge in [-0.05, 0) is 35.0 Å². The standard InChI is InChI=1S/C10H8N2O9S3/c11-12-7-1-5-3-9(23(16,17)18)10(24(19,20)21)4-6(5)2-8(7)22(13,14)15/h1-4,11H,(H,13,14,15)(H,16,17,18)(H,19,20,21). The van der Waals surface area contributed by atoms with Gasteiger partial charge in [-0.25, -0.2) is 5.53 Å². The summed E-state index contributed by atoms with van der Waals surface area (Å²) in [5.74, 6) is 0. The first-order valence-corrected chi connectivity index (χ1v) is 9.99. The highest BCUT2D eigenvalue weighted by molar-refractivity contribution is 7.89. The number of rotatable bonds is 4. The van der Waals surface area contributed by atoms with Crippen LogP contribution in [0, 0.1) is 5.53 Å². The second-order valence-corrected chi connectivity index (χ2v) is 8.67. The zero-order valence-corrected chi connectivity index (χ0v) is 13.7. The minimum absolute atomic E-state index is 0.117. The summed E-state index contributed by atoms with van der Waals surface area (Å²) in [4.78, 5) is -3.16. The Morgan fingerprint density at radius 2 is 1.00 bits per heavy atom. The van der Waals surface area contributed by atoms with E-state index < -0.39 is 50.7 Å². The molecule has 0 saturated carbocycles. The van der Waals surface area contributed by atoms with E-state index in [-0.39, 0.29) is 10.8 Å². The summed E-state index contributed by atoms with van der Waals surface area (Å²) in [5, 5.41) is 2.55. The Bertz CT molecular complexity index is 1180. The lowest BCUT2D eigenvalue weighted by molar-refractivity contribution is 0.467. The molecule has 0 amide bonds. The van der Waals surface area contributed by atoms with E-state index in [2.05, 4.69) is 5.11 Å². The maximum atomic E-state index is 11.3. The Kier molecular flexibility index (Phi) is 4.24. The van der Waals surface area contributed by atoms with E-state index in [9.17, 15) is 25.3 Å². The fourth-order valence-corrected chi connectivity index (χ4v) is 4.43. The molecule has 0 heterocycles. The van der Waals surface area contributed by atoms with Gasteiger partial charge in [-0.1, -0.05) is 0 Å². The molecule has 0 atom stereocenters. The molecule has 24 heavy (non-hydrogen) atoms. The van der Waals surface area contributed by atoms with Crippen LogP contribution in [0.3, 0.4) is 0 Å². The number of hydrogen-bond acceptors (Lipinski definition) is 8. The molecule has 2 aromatic rings. The van der Waals surface area contributed by atoms with Crippen LogP contribution in [-0.2, 0) is 30.4 Å². The third-order valence-corrected chi connectivity index (χ3v) is 5.73. The van der Waals surface area contributed by atoms with E-state index in [1.54, 1.807) is 0 Å². The largest absolute Gasteiger partial charge is 0.296 e. The molecule has 0 spiro atoms. The summed E-state index contributed by atoms with van der Waals surface area (Å²) in [6.45, 7) is 0. The smallest absolute Gasteiger partial charge is 0.282 e. The topological polar surface area (TPSA) is 199 Å². The second kappa shape index (κ2) is 5.54. The van der Waals surface area contributed by atoms with Crippen molar-refractivity contribution in [3.8, 4) is 0 Å². The van der Waals surface area contributed by atoms with Crippen molar-refractivity contribution in [2.24, 2.45) is 5.11 Å². The van der Waals surface area contributed by atoms with Crippen molar-refractivity contribution in [1.82, 2.24) is 0 Å². The van der Waals surface area contributed by atoms with Crippen molar-refractivity contribution >= 4 is 46.8 Å². The quantitative estimate of drug-likeness (QED) is 0.433. The van der Waals surface area contributed by atoms with Crippen molar-refractivity contribution in [2.75, 3.05) is 0 Å². The molecule has 0 aliphatic rings. The van der Waals surface area contributed by atoms with Crippen molar-refractivity contribution < 1.29 is 38.9 Å². The first-order valence-electron chi connectivity index (χ1n) is 5.67. The highest BCUT2D eigenvalue weighted by atomic mass is 32.2. The zero-order valence-electron chi connectivity index (χ0n) is 11.3. The first kappa shape index (κ1) is 18.4. The van der Waals surface area contributed by atoms with Crippen molar-refractivity contribution in [2.45, 2.75) is 14.7 Å². The van der Waals surface area contributed by atoms with Crippen molar-refractivity contribution in [3.05, 3.63) is 24.3 Å². The fourth-order valence-electron chi connectivity index (χ4n) is 1.97. The van der Waals surface area contributed by atoms with Crippen LogP contribution < -0.4 is 0 Å². The number of hydrogen-bond donors (Lipinski definition) is 4. The van der Waals surface area contributed by atoms with Gasteiger partial charge >= 0.3 is 0 Å². The fraction of sp³-hybridized carbons (Fsp3) is 0. The van der Waals surface area contributed by atoms with E-state index in [0.717, 1.165) is 12.1 Å². The summed E-state index contributed by atoms with van der Waals surface area (Å²) in [6, 6.07) is 2.86. The molecule has 14 heteroatoms. The molecule has 4 N–H and O–H groups in total. The van der Waals surface area contributed by atoms with E-state index in [4.69, 9.17) is 19.2 Å². The van der Waals surface area contributed by atoms with Gasteiger partial charge in [0.05, 0.1) is 0 Å². The molecule has 0 aliphatic carbocycles. The van der Waals surface area contributed by atoms with Crippen LogP contribution in [-0.4, -0.2) is 38.9 Å². The highest BCUT2D eigenvalue weighted by Gasteiger charge is 2.26. The van der Waals surface area contributed by atoms with Gasteiger partial charge in [0.2, 0.25) is 0 Å². The van der Waals surface area contributed by atoms with Crippen LogP contribution in [0.4, 0.5) is 5.69 Å². The van der Waals surface area contributed by atoms with Gasteiger partial charge in [0, 0.05) is 0 Å². The lowest BCUT2D eigenvalue weighted by atomic mass is 10.1. The minimum atomic E-state index is -5.08. The van der Waals surface area contributed by atoms with Gasteiger partial charge in [-0.15, -0.1) is 0 Å². The van der Waals surface area contributed by atoms with Gasteiger partial charge in [0.15, 0.2) is 0 Å². The minimum Gasteiger partial charge on any atom is -0.282 e. The van der Waals surface area contributed by atoms with Gasteiger partial charge < -0.3 is 0 Å². The zero-order chi connectivity index (χ0) is 18.5. The van der Waals surface area contributed by atoms with Gasteiger partial charge in [-0.3, -0.25) is 13.7 Å². The molecule has 2 aromatic carbocycles. The number of nitrogens with zero attached hydrogens (tertiary/aromatic N) is 1. The summed E-state index contributed by atoms with van der Waals surface area (Å²) in [5.41, 5.74) is 6.35. The van der Waals surface area contributed by atoms with Gasteiger partial charge in [0.25, 0.3) is 30.4 Å². The Hall–Kier alpha value is -1.97. The van der Waals surface area contributed by atoms with Crippen LogP contribution >= 0.6 is 0 Å². The van der Waals surface area contributed by atoms with Crippen molar-refractivity contribution in [3.63, 3.8) is 0 Å². The predicted molar refractivity (Wildman–Crippen MR) is 78.2 cm³/mol. The van der Waals surface area contributed by atoms with Crippen molar-refractivity contribution in [1.29, 1.82) is 5.53 Å². The molecule has 130 valence electrons. The lowest BCUT2D eigenvalue weighted by Gasteiger charge is -2.09. The van der Waals surface area contributed by atoms with Crippen LogP contribution in [0.2, 0.25) is 0 Å². The maximum Gasteiger partial charge on any atom is 0.296 e. The Morgan fingerprint density at radius 1 is 0.667 bits per heavy atom. The third kappa shape index (κ3) is 3.42. The van der Waals surface area contributed by atoms with Crippen LogP contribution in [0.5, 0.6) is 0 Å². The Balaban J connectivity index is 3.08. The molecule has 0 aliphatic heterocycles. The van der Waals surface area contributed by atoms with Crippen LogP contribution in [0.25, 0.3) is 10.8 Å². The van der Waals surface area contributed by atoms with E-state index in [1.807, 2.05) is 0 Å². The van der Waals surface area contributed by atoms with E-state index in [1.165, 1.54) is 0 Å². The van der Waals surface area contributed by atoms with Gasteiger partial charge in [0.1, 0.15) is 20.4 Å². The third-order valence-electron chi connectivity index (χ3n) is 2.93. The number of nitrogens with one attached hydrogen (secondary N) is 1. The summed E-state index contributed by atoms with van der Waals surface area (Å²) in [6.07, 6.45) is 0. The average molecular weight is 396 g/mol. The van der Waals surface area contributed by atoms with Crippen LogP contribution in [0.1, 0.15) is 0 Å². The average Bonchev–Trinajstić information content (AvgIpc) is 2.41. The molecular formula is C10H8N2O9S3. The lowest BCUT2D eigenvalue weighted by Crippen LogP contribution is -2.08. The van der Waals surface area contributed by atoms with E-state index in [0.29, 0.717) is 12.1 Å². The predicted octanol–water partition coefficient (Wildman–Crippen LogP) is 1.24. The monoisotopic (exact) mass is 396 g/mol. The molecule has 0 aromatic heterocycles. The molecule has 11 nitrogen and oxygen atoms in total. The second-order valence-electron chi connectivity index (χ2n) is 4.50. The highest BCUT2D eigenvalue weighted by Crippen LogP contribution is 2.33. The van der Waals surface area contributed by atoms with E-state index >= 15 is 0 Å². The van der Waals surface area contributed by atoms with Gasteiger partial charge in [-0.2, -0.15) is 30.4 Å². The number of benzene rings is 2. The Morgan fingerprint density at radius 3 is 1.33 bits per heavy atom. The SMILES string of the molecule is N=Nc1cc2cc(S(=O)(=O)O)c(S(=O)(=O)O)cc2cc1S(=O)(=O)O. The molecule has 0 unspecified atom stereocenters. The summed E-state index contributed by atoms with van der Waals surface area (Å²) < 4.78 is 95.1. The molecule has 2 rings (SSSR count). The normalized spacial score (nSPS) is 13.1. The summed E-state index contributed by atoms with van der Waals surface area (Å²) >= 11 is 0. The molecule has 0 saturated heterocycles. The first-order chi connectivity index (χ1) is 10.7. The Labute approximate surface area is 135 Å². The maximum absolute atomic E-state index is 11.3. The molecule has 0 fully saturated rings. The van der Waals surface area contributed by atoms with Crippen LogP contribution in [0.15, 0.2) is 44.1 Å². The molecule has 0 radical (unpaired) electrons. The summed E-state index contributed by atoms with van der Waals surface area (Å²) in [7, 11) is -15.0.